The molecule has 27 heavy (non-hydrogen) atoms. The maximum atomic E-state index is 12.6. The average molecular weight is 381 g/mol. The Labute approximate surface area is 165 Å². The molecule has 0 aromatic carbocycles. The third-order valence-electron chi connectivity index (χ3n) is 5.70. The number of nitrogens with one attached hydrogen (secondary N) is 2. The van der Waals surface area contributed by atoms with Gasteiger partial charge in [-0.3, -0.25) is 9.79 Å². The molecule has 0 aromatic rings. The Morgan fingerprint density at radius 3 is 2.59 bits per heavy atom. The number of likely N-dealkylation sites (tertiary alicyclic amines) is 1. The molecule has 1 aliphatic heterocycles. The van der Waals surface area contributed by atoms with Crippen LogP contribution in [0.5, 0.6) is 0 Å². The Morgan fingerprint density at radius 1 is 1.22 bits per heavy atom. The number of aliphatic imine (C=N–C) groups is 1. The molecule has 2 N–H and O–H groups in total. The highest BCUT2D eigenvalue weighted by Gasteiger charge is 2.32. The zero-order chi connectivity index (χ0) is 19.6. The van der Waals surface area contributed by atoms with Crippen LogP contribution < -0.4 is 10.6 Å². The normalized spacial score (nSPS) is 22.5. The van der Waals surface area contributed by atoms with Gasteiger partial charge in [-0.2, -0.15) is 0 Å². The van der Waals surface area contributed by atoms with Gasteiger partial charge >= 0.3 is 0 Å². The molecule has 0 bridgehead atoms. The van der Waals surface area contributed by atoms with Crippen molar-refractivity contribution in [2.45, 2.75) is 78.4 Å². The zero-order valence-corrected chi connectivity index (χ0v) is 17.8. The fourth-order valence-electron chi connectivity index (χ4n) is 4.15. The molecule has 156 valence electrons. The predicted octanol–water partition coefficient (Wildman–Crippen LogP) is 2.78. The summed E-state index contributed by atoms with van der Waals surface area (Å²) in [6.07, 6.45) is 6.76. The lowest BCUT2D eigenvalue weighted by Gasteiger charge is -2.22. The number of amides is 1. The minimum Gasteiger partial charge on any atom is -0.378 e. The van der Waals surface area contributed by atoms with Crippen LogP contribution in [0.3, 0.4) is 0 Å². The summed E-state index contributed by atoms with van der Waals surface area (Å²) in [6, 6.07) is 0.293. The number of guanidine groups is 1. The SMILES string of the molecule is CCNC(=NCCC(OCC)C(C)C)NC1CCN(C(=O)C2CCCC2)C1. The highest BCUT2D eigenvalue weighted by molar-refractivity contribution is 5.81. The van der Waals surface area contributed by atoms with Gasteiger partial charge in [-0.25, -0.2) is 0 Å². The monoisotopic (exact) mass is 380 g/mol. The Hall–Kier alpha value is -1.30. The van der Waals surface area contributed by atoms with E-state index in [0.717, 1.165) is 64.4 Å². The van der Waals surface area contributed by atoms with Gasteiger partial charge in [0.15, 0.2) is 5.96 Å². The van der Waals surface area contributed by atoms with Crippen molar-refractivity contribution < 1.29 is 9.53 Å². The van der Waals surface area contributed by atoms with E-state index in [-0.39, 0.29) is 12.0 Å². The van der Waals surface area contributed by atoms with Crippen LogP contribution in [0.4, 0.5) is 0 Å². The first kappa shape index (κ1) is 22.0. The second-order valence-electron chi connectivity index (χ2n) is 8.18. The van der Waals surface area contributed by atoms with Gasteiger partial charge in [0.05, 0.1) is 6.10 Å². The Balaban J connectivity index is 1.81. The Morgan fingerprint density at radius 2 is 1.96 bits per heavy atom. The van der Waals surface area contributed by atoms with Crippen molar-refractivity contribution in [1.82, 2.24) is 15.5 Å². The number of carbonyl (C=O) groups is 1. The topological polar surface area (TPSA) is 66.0 Å². The van der Waals surface area contributed by atoms with Crippen LogP contribution >= 0.6 is 0 Å². The largest absolute Gasteiger partial charge is 0.378 e. The lowest BCUT2D eigenvalue weighted by atomic mass is 10.0. The molecule has 2 fully saturated rings. The predicted molar refractivity (Wildman–Crippen MR) is 111 cm³/mol. The van der Waals surface area contributed by atoms with Crippen molar-refractivity contribution >= 4 is 11.9 Å². The summed E-state index contributed by atoms with van der Waals surface area (Å²) in [5.74, 6) is 2.00. The van der Waals surface area contributed by atoms with Gasteiger partial charge in [-0.05, 0) is 45.4 Å². The summed E-state index contributed by atoms with van der Waals surface area (Å²) in [5.41, 5.74) is 0. The summed E-state index contributed by atoms with van der Waals surface area (Å²) in [4.78, 5) is 19.4. The van der Waals surface area contributed by atoms with E-state index >= 15 is 0 Å². The van der Waals surface area contributed by atoms with Crippen LogP contribution in [0.15, 0.2) is 4.99 Å². The number of rotatable bonds is 9. The molecule has 0 aromatic heterocycles. The summed E-state index contributed by atoms with van der Waals surface area (Å²) in [7, 11) is 0. The van der Waals surface area contributed by atoms with Crippen LogP contribution in [0.2, 0.25) is 0 Å². The van der Waals surface area contributed by atoms with Crippen LogP contribution in [-0.4, -0.2) is 61.7 Å². The maximum absolute atomic E-state index is 12.6. The minimum absolute atomic E-state index is 0.257. The van der Waals surface area contributed by atoms with E-state index in [1.54, 1.807) is 0 Å². The molecule has 2 rings (SSSR count). The van der Waals surface area contributed by atoms with E-state index in [2.05, 4.69) is 36.3 Å². The van der Waals surface area contributed by atoms with Crippen LogP contribution in [-0.2, 0) is 9.53 Å². The van der Waals surface area contributed by atoms with Gasteiger partial charge in [-0.1, -0.05) is 26.7 Å². The fourth-order valence-corrected chi connectivity index (χ4v) is 4.15. The zero-order valence-electron chi connectivity index (χ0n) is 17.8. The molecule has 6 nitrogen and oxygen atoms in total. The number of hydrogen-bond donors (Lipinski definition) is 2. The van der Waals surface area contributed by atoms with Crippen molar-refractivity contribution in [3.8, 4) is 0 Å². The molecule has 1 saturated heterocycles. The summed E-state index contributed by atoms with van der Waals surface area (Å²) >= 11 is 0. The van der Waals surface area contributed by atoms with Crippen molar-refractivity contribution in [2.75, 3.05) is 32.8 Å². The molecule has 1 saturated carbocycles. The second kappa shape index (κ2) is 11.5. The van der Waals surface area contributed by atoms with Crippen molar-refractivity contribution in [3.05, 3.63) is 0 Å². The van der Waals surface area contributed by atoms with Gasteiger partial charge in [0.2, 0.25) is 5.91 Å². The average Bonchev–Trinajstić information content (AvgIpc) is 3.32. The first-order valence-corrected chi connectivity index (χ1v) is 11.0. The van der Waals surface area contributed by atoms with E-state index in [0.29, 0.717) is 17.9 Å². The molecular formula is C21H40N4O2. The first-order chi connectivity index (χ1) is 13.0. The minimum atomic E-state index is 0.257. The van der Waals surface area contributed by atoms with Gasteiger partial charge in [-0.15, -0.1) is 0 Å². The maximum Gasteiger partial charge on any atom is 0.225 e. The molecule has 2 unspecified atom stereocenters. The molecule has 1 aliphatic carbocycles. The standard InChI is InChI=1S/C21H40N4O2/c1-5-22-21(23-13-11-19(16(3)4)27-6-2)24-18-12-14-25(15-18)20(26)17-9-7-8-10-17/h16-19H,5-15H2,1-4H3,(H2,22,23,24). The van der Waals surface area contributed by atoms with E-state index < -0.39 is 0 Å². The summed E-state index contributed by atoms with van der Waals surface area (Å²) < 4.78 is 5.81. The van der Waals surface area contributed by atoms with Gasteiger partial charge in [0.25, 0.3) is 0 Å². The van der Waals surface area contributed by atoms with E-state index in [9.17, 15) is 4.79 Å². The van der Waals surface area contributed by atoms with Gasteiger partial charge in [0, 0.05) is 44.7 Å². The Kier molecular flexibility index (Phi) is 9.39. The molecule has 2 atom stereocenters. The Bertz CT molecular complexity index is 475. The fraction of sp³-hybridized carbons (Fsp3) is 0.905. The van der Waals surface area contributed by atoms with E-state index in [1.165, 1.54) is 12.8 Å². The number of nitrogens with zero attached hydrogens (tertiary/aromatic N) is 2. The lowest BCUT2D eigenvalue weighted by molar-refractivity contribution is -0.134. The van der Waals surface area contributed by atoms with E-state index in [4.69, 9.17) is 9.73 Å². The van der Waals surface area contributed by atoms with Crippen molar-refractivity contribution in [3.63, 3.8) is 0 Å². The molecule has 2 aliphatic rings. The smallest absolute Gasteiger partial charge is 0.225 e. The number of ether oxygens (including phenoxy) is 1. The molecule has 6 heteroatoms. The second-order valence-corrected chi connectivity index (χ2v) is 8.18. The van der Waals surface area contributed by atoms with Gasteiger partial charge in [0.1, 0.15) is 0 Å². The van der Waals surface area contributed by atoms with Gasteiger partial charge < -0.3 is 20.3 Å². The number of carbonyl (C=O) groups excluding carboxylic acids is 1. The highest BCUT2D eigenvalue weighted by atomic mass is 16.5. The molecule has 0 spiro atoms. The lowest BCUT2D eigenvalue weighted by Crippen LogP contribution is -2.45. The van der Waals surface area contributed by atoms with Crippen LogP contribution in [0.25, 0.3) is 0 Å². The highest BCUT2D eigenvalue weighted by Crippen LogP contribution is 2.27. The summed E-state index contributed by atoms with van der Waals surface area (Å²) in [6.45, 7) is 12.5. The molecule has 1 amide bonds. The molecule has 1 heterocycles. The van der Waals surface area contributed by atoms with Crippen LogP contribution in [0, 0.1) is 11.8 Å². The first-order valence-electron chi connectivity index (χ1n) is 11.0. The third-order valence-corrected chi connectivity index (χ3v) is 5.70. The van der Waals surface area contributed by atoms with Crippen molar-refractivity contribution in [2.24, 2.45) is 16.8 Å². The van der Waals surface area contributed by atoms with Crippen LogP contribution in [0.1, 0.15) is 66.2 Å². The molecule has 0 radical (unpaired) electrons. The quantitative estimate of drug-likeness (QED) is 0.477. The molecular weight excluding hydrogens is 340 g/mol. The van der Waals surface area contributed by atoms with E-state index in [1.807, 2.05) is 6.92 Å². The number of hydrogen-bond acceptors (Lipinski definition) is 3. The summed E-state index contributed by atoms with van der Waals surface area (Å²) in [5, 5.41) is 6.87. The van der Waals surface area contributed by atoms with Crippen molar-refractivity contribution in [1.29, 1.82) is 0 Å². The third kappa shape index (κ3) is 6.98.